The van der Waals surface area contributed by atoms with Gasteiger partial charge in [0.1, 0.15) is 0 Å². The van der Waals surface area contributed by atoms with Crippen molar-refractivity contribution in [3.05, 3.63) is 77.0 Å². The van der Waals surface area contributed by atoms with Crippen LogP contribution in [-0.4, -0.2) is 48.8 Å². The molecule has 29 heavy (non-hydrogen) atoms. The number of Topliss-reactive ketones (excluding diaryl/α,β-unsaturated/α-hetero) is 2. The van der Waals surface area contributed by atoms with Gasteiger partial charge >= 0.3 is 0 Å². The molecule has 1 aliphatic heterocycles. The highest BCUT2D eigenvalue weighted by Crippen LogP contribution is 2.47. The third kappa shape index (κ3) is 3.15. The number of hydrogen-bond acceptors (Lipinski definition) is 5. The molecule has 1 fully saturated rings. The maximum Gasteiger partial charge on any atom is 0.211 e. The van der Waals surface area contributed by atoms with E-state index in [4.69, 9.17) is 0 Å². The number of hydrogen-bond donors (Lipinski definition) is 1. The highest BCUT2D eigenvalue weighted by molar-refractivity contribution is 6.34. The lowest BCUT2D eigenvalue weighted by molar-refractivity contribution is -0.137. The van der Waals surface area contributed by atoms with E-state index in [0.29, 0.717) is 16.8 Å². The Morgan fingerprint density at radius 3 is 2.34 bits per heavy atom. The molecule has 1 atom stereocenters. The minimum Gasteiger partial charge on any atom is -0.378 e. The van der Waals surface area contributed by atoms with E-state index >= 15 is 0 Å². The van der Waals surface area contributed by atoms with Crippen LogP contribution >= 0.6 is 0 Å². The first-order chi connectivity index (χ1) is 13.9. The molecular formula is C24H26N2O3. The Hall–Kier alpha value is -2.92. The van der Waals surface area contributed by atoms with Crippen LogP contribution in [0.15, 0.2) is 65.9 Å². The Morgan fingerprint density at radius 2 is 1.69 bits per heavy atom. The minimum atomic E-state index is -1.77. The van der Waals surface area contributed by atoms with Crippen molar-refractivity contribution >= 4 is 17.3 Å². The van der Waals surface area contributed by atoms with E-state index in [9.17, 15) is 14.7 Å². The van der Waals surface area contributed by atoms with Gasteiger partial charge in [-0.2, -0.15) is 0 Å². The van der Waals surface area contributed by atoms with Crippen LogP contribution in [0.5, 0.6) is 0 Å². The van der Waals surface area contributed by atoms with Crippen molar-refractivity contribution in [2.75, 3.05) is 32.1 Å². The fraction of sp³-hybridized carbons (Fsp3) is 0.333. The van der Waals surface area contributed by atoms with Gasteiger partial charge in [-0.25, -0.2) is 0 Å². The fourth-order valence-corrected chi connectivity index (χ4v) is 4.24. The Kier molecular flexibility index (Phi) is 5.01. The molecule has 1 saturated heterocycles. The van der Waals surface area contributed by atoms with E-state index in [-0.39, 0.29) is 11.4 Å². The monoisotopic (exact) mass is 390 g/mol. The van der Waals surface area contributed by atoms with Gasteiger partial charge in [-0.1, -0.05) is 42.5 Å². The standard InChI is InChI=1S/C24H26N2O3/c1-25(2)19-13-9-12-18(16-19)24(29)22(26-14-7-4-8-15-26)20(23(24)28)21(27)17-10-5-3-6-11-17/h3,5-6,9-13,16,29H,4,7-8,14-15H2,1-2H3. The van der Waals surface area contributed by atoms with Crippen molar-refractivity contribution in [1.82, 2.24) is 4.90 Å². The number of nitrogens with zero attached hydrogens (tertiary/aromatic N) is 2. The largest absolute Gasteiger partial charge is 0.378 e. The summed E-state index contributed by atoms with van der Waals surface area (Å²) < 4.78 is 0. The van der Waals surface area contributed by atoms with Gasteiger partial charge in [0.25, 0.3) is 0 Å². The number of anilines is 1. The first-order valence-corrected chi connectivity index (χ1v) is 10.1. The van der Waals surface area contributed by atoms with Crippen LogP contribution in [0.3, 0.4) is 0 Å². The number of piperidine rings is 1. The van der Waals surface area contributed by atoms with Crippen molar-refractivity contribution in [2.24, 2.45) is 0 Å². The zero-order valence-corrected chi connectivity index (χ0v) is 16.9. The van der Waals surface area contributed by atoms with E-state index in [0.717, 1.165) is 38.0 Å². The number of carbonyl (C=O) groups is 2. The summed E-state index contributed by atoms with van der Waals surface area (Å²) in [5.41, 5.74) is 0.684. The van der Waals surface area contributed by atoms with Crippen LogP contribution in [0.4, 0.5) is 5.69 Å². The van der Waals surface area contributed by atoms with Crippen molar-refractivity contribution in [3.8, 4) is 0 Å². The normalized spacial score (nSPS) is 21.8. The Labute approximate surface area is 171 Å². The van der Waals surface area contributed by atoms with Crippen LogP contribution < -0.4 is 4.90 Å². The summed E-state index contributed by atoms with van der Waals surface area (Å²) in [6.45, 7) is 1.48. The van der Waals surface area contributed by atoms with E-state index in [1.165, 1.54) is 0 Å². The molecule has 2 aromatic rings. The van der Waals surface area contributed by atoms with Gasteiger partial charge in [-0.3, -0.25) is 9.59 Å². The molecule has 2 aromatic carbocycles. The second kappa shape index (κ2) is 7.48. The van der Waals surface area contributed by atoms with E-state index < -0.39 is 11.4 Å². The van der Waals surface area contributed by atoms with E-state index in [1.807, 2.05) is 48.2 Å². The third-order valence-electron chi connectivity index (χ3n) is 5.85. The first-order valence-electron chi connectivity index (χ1n) is 10.1. The van der Waals surface area contributed by atoms with Gasteiger partial charge in [0.05, 0.1) is 11.3 Å². The van der Waals surface area contributed by atoms with Crippen LogP contribution in [0.25, 0.3) is 0 Å². The lowest BCUT2D eigenvalue weighted by atomic mass is 9.68. The summed E-state index contributed by atoms with van der Waals surface area (Å²) in [6, 6.07) is 16.2. The summed E-state index contributed by atoms with van der Waals surface area (Å²) in [6.07, 6.45) is 3.09. The first kappa shape index (κ1) is 19.4. The molecule has 2 aliphatic rings. The molecule has 0 aromatic heterocycles. The topological polar surface area (TPSA) is 60.9 Å². The maximum atomic E-state index is 13.3. The zero-order valence-electron chi connectivity index (χ0n) is 16.9. The van der Waals surface area contributed by atoms with Crippen molar-refractivity contribution < 1.29 is 14.7 Å². The molecule has 1 heterocycles. The number of likely N-dealkylation sites (tertiary alicyclic amines) is 1. The molecule has 150 valence electrons. The molecule has 0 bridgehead atoms. The van der Waals surface area contributed by atoms with Crippen LogP contribution in [-0.2, 0) is 10.4 Å². The molecule has 5 nitrogen and oxygen atoms in total. The molecule has 1 N–H and O–H groups in total. The quantitative estimate of drug-likeness (QED) is 0.628. The molecule has 1 aliphatic carbocycles. The lowest BCUT2D eigenvalue weighted by Crippen LogP contribution is -2.56. The number of ketones is 2. The maximum absolute atomic E-state index is 13.3. The summed E-state index contributed by atoms with van der Waals surface area (Å²) in [4.78, 5) is 30.4. The number of carbonyl (C=O) groups excluding carboxylic acids is 2. The molecule has 1 unspecified atom stereocenters. The Bertz CT molecular complexity index is 975. The predicted molar refractivity (Wildman–Crippen MR) is 113 cm³/mol. The molecule has 0 amide bonds. The molecular weight excluding hydrogens is 364 g/mol. The highest BCUT2D eigenvalue weighted by atomic mass is 16.3. The van der Waals surface area contributed by atoms with Gasteiger partial charge in [-0.05, 0) is 37.0 Å². The third-order valence-corrected chi connectivity index (χ3v) is 5.85. The second-order valence-corrected chi connectivity index (χ2v) is 7.95. The Morgan fingerprint density at radius 1 is 1.00 bits per heavy atom. The van der Waals surface area contributed by atoms with Crippen LogP contribution in [0.1, 0.15) is 35.2 Å². The van der Waals surface area contributed by atoms with Gasteiger partial charge < -0.3 is 14.9 Å². The number of benzene rings is 2. The second-order valence-electron chi connectivity index (χ2n) is 7.95. The van der Waals surface area contributed by atoms with Crippen molar-refractivity contribution in [2.45, 2.75) is 24.9 Å². The predicted octanol–water partition coefficient (Wildman–Crippen LogP) is 3.15. The average molecular weight is 390 g/mol. The lowest BCUT2D eigenvalue weighted by Gasteiger charge is -2.46. The SMILES string of the molecule is CN(C)c1cccc(C2(O)C(=O)C(C(=O)c3ccccc3)=C2N2CCCCC2)c1. The average Bonchev–Trinajstić information content (AvgIpc) is 2.77. The van der Waals surface area contributed by atoms with Crippen molar-refractivity contribution in [3.63, 3.8) is 0 Å². The van der Waals surface area contributed by atoms with E-state index in [1.54, 1.807) is 30.3 Å². The summed E-state index contributed by atoms with van der Waals surface area (Å²) >= 11 is 0. The highest BCUT2D eigenvalue weighted by Gasteiger charge is 2.58. The Balaban J connectivity index is 1.84. The minimum absolute atomic E-state index is 0.121. The summed E-state index contributed by atoms with van der Waals surface area (Å²) in [7, 11) is 3.83. The summed E-state index contributed by atoms with van der Waals surface area (Å²) in [5.74, 6) is -0.826. The molecule has 0 saturated carbocycles. The molecule has 0 radical (unpaired) electrons. The van der Waals surface area contributed by atoms with Gasteiger partial charge in [0, 0.05) is 38.4 Å². The number of aliphatic hydroxyl groups is 1. The molecule has 0 spiro atoms. The zero-order chi connectivity index (χ0) is 20.6. The van der Waals surface area contributed by atoms with Gasteiger partial charge in [-0.15, -0.1) is 0 Å². The fourth-order valence-electron chi connectivity index (χ4n) is 4.24. The summed E-state index contributed by atoms with van der Waals surface area (Å²) in [5, 5.41) is 11.6. The molecule has 4 rings (SSSR count). The van der Waals surface area contributed by atoms with E-state index in [2.05, 4.69) is 0 Å². The van der Waals surface area contributed by atoms with Gasteiger partial charge in [0.2, 0.25) is 5.78 Å². The smallest absolute Gasteiger partial charge is 0.211 e. The van der Waals surface area contributed by atoms with Gasteiger partial charge in [0.15, 0.2) is 11.4 Å². The number of rotatable bonds is 5. The van der Waals surface area contributed by atoms with Crippen molar-refractivity contribution in [1.29, 1.82) is 0 Å². The van der Waals surface area contributed by atoms with Crippen LogP contribution in [0.2, 0.25) is 0 Å². The molecule has 5 heteroatoms. The van der Waals surface area contributed by atoms with Crippen LogP contribution in [0, 0.1) is 0 Å².